The minimum atomic E-state index is -0.0788. The van der Waals surface area contributed by atoms with Crippen molar-refractivity contribution < 1.29 is 0 Å². The highest BCUT2D eigenvalue weighted by atomic mass is 14.6. The smallest absolute Gasteiger partial charge is 0.0250 e. The van der Waals surface area contributed by atoms with E-state index in [9.17, 15) is 0 Å². The molecular formula is C16H27N. The van der Waals surface area contributed by atoms with E-state index in [4.69, 9.17) is 5.73 Å². The van der Waals surface area contributed by atoms with Gasteiger partial charge in [-0.05, 0) is 18.4 Å². The molecule has 0 heterocycles. The molecule has 0 aliphatic rings. The minimum absolute atomic E-state index is 0.0788. The van der Waals surface area contributed by atoms with Crippen LogP contribution in [0.15, 0.2) is 48.2 Å². The second kappa shape index (κ2) is 7.16. The Labute approximate surface area is 107 Å². The third kappa shape index (κ3) is 5.08. The highest BCUT2D eigenvalue weighted by molar-refractivity contribution is 5.28. The predicted octanol–water partition coefficient (Wildman–Crippen LogP) is 4.59. The molecule has 0 unspecified atom stereocenters. The summed E-state index contributed by atoms with van der Waals surface area (Å²) in [6.07, 6.45) is 10.9. The normalized spacial score (nSPS) is 14.7. The van der Waals surface area contributed by atoms with Crippen LogP contribution < -0.4 is 5.73 Å². The van der Waals surface area contributed by atoms with Crippen LogP contribution in [0.4, 0.5) is 0 Å². The van der Waals surface area contributed by atoms with Gasteiger partial charge in [0.1, 0.15) is 0 Å². The summed E-state index contributed by atoms with van der Waals surface area (Å²) >= 11 is 0. The van der Waals surface area contributed by atoms with Crippen LogP contribution in [0, 0.1) is 11.3 Å². The van der Waals surface area contributed by atoms with E-state index in [1.807, 2.05) is 18.2 Å². The molecular weight excluding hydrogens is 206 g/mol. The number of allylic oxidation sites excluding steroid dienone is 6. The summed E-state index contributed by atoms with van der Waals surface area (Å²) in [5, 5.41) is 0. The molecule has 0 radical (unpaired) electrons. The predicted molar refractivity (Wildman–Crippen MR) is 78.6 cm³/mol. The maximum Gasteiger partial charge on any atom is 0.0250 e. The van der Waals surface area contributed by atoms with E-state index in [1.165, 1.54) is 5.57 Å². The second-order valence-corrected chi connectivity index (χ2v) is 5.16. The first-order chi connectivity index (χ1) is 7.86. The molecule has 0 aromatic rings. The monoisotopic (exact) mass is 233 g/mol. The molecule has 1 nitrogen and oxygen atoms in total. The fourth-order valence-electron chi connectivity index (χ4n) is 1.80. The molecule has 0 amide bonds. The molecule has 0 saturated carbocycles. The van der Waals surface area contributed by atoms with Gasteiger partial charge in [-0.15, -0.1) is 0 Å². The van der Waals surface area contributed by atoms with E-state index in [1.54, 1.807) is 6.08 Å². The van der Waals surface area contributed by atoms with Crippen molar-refractivity contribution in [3.05, 3.63) is 48.2 Å². The van der Waals surface area contributed by atoms with E-state index in [0.717, 1.165) is 12.1 Å². The van der Waals surface area contributed by atoms with E-state index in [0.29, 0.717) is 5.92 Å². The summed E-state index contributed by atoms with van der Waals surface area (Å²) < 4.78 is 0. The van der Waals surface area contributed by atoms with E-state index in [2.05, 4.69) is 47.3 Å². The average Bonchev–Trinajstić information content (AvgIpc) is 2.25. The van der Waals surface area contributed by atoms with Crippen molar-refractivity contribution in [1.82, 2.24) is 0 Å². The zero-order chi connectivity index (χ0) is 13.5. The molecule has 0 bridgehead atoms. The van der Waals surface area contributed by atoms with Gasteiger partial charge in [0.15, 0.2) is 0 Å². The third-order valence-electron chi connectivity index (χ3n) is 2.96. The molecule has 0 aliphatic heterocycles. The number of nitrogens with two attached hydrogens (primary N) is 1. The van der Waals surface area contributed by atoms with Crippen LogP contribution in [0.3, 0.4) is 0 Å². The molecule has 0 atom stereocenters. The van der Waals surface area contributed by atoms with Crippen LogP contribution in [-0.4, -0.2) is 0 Å². The lowest BCUT2D eigenvalue weighted by Gasteiger charge is -2.29. The van der Waals surface area contributed by atoms with Gasteiger partial charge < -0.3 is 5.73 Å². The Bertz CT molecular complexity index is 327. The molecule has 0 fully saturated rings. The molecule has 0 aromatic heterocycles. The SMILES string of the molecule is C=C/C=C\C=C(/N)C(C)(C)/C(=C\C(C)C)CC. The van der Waals surface area contributed by atoms with Gasteiger partial charge in [-0.25, -0.2) is 0 Å². The Hall–Kier alpha value is -1.24. The van der Waals surface area contributed by atoms with Crippen LogP contribution in [-0.2, 0) is 0 Å². The average molecular weight is 233 g/mol. The molecule has 0 aromatic carbocycles. The lowest BCUT2D eigenvalue weighted by molar-refractivity contribution is 0.507. The summed E-state index contributed by atoms with van der Waals surface area (Å²) in [4.78, 5) is 0. The summed E-state index contributed by atoms with van der Waals surface area (Å²) in [5.74, 6) is 0.556. The highest BCUT2D eigenvalue weighted by Gasteiger charge is 2.24. The number of hydrogen-bond acceptors (Lipinski definition) is 1. The summed E-state index contributed by atoms with van der Waals surface area (Å²) in [7, 11) is 0. The zero-order valence-corrected chi connectivity index (χ0v) is 12.0. The molecule has 2 N–H and O–H groups in total. The van der Waals surface area contributed by atoms with Crippen LogP contribution in [0.25, 0.3) is 0 Å². The zero-order valence-electron chi connectivity index (χ0n) is 12.0. The second-order valence-electron chi connectivity index (χ2n) is 5.16. The molecule has 0 aliphatic carbocycles. The maximum atomic E-state index is 6.18. The Balaban J connectivity index is 5.15. The summed E-state index contributed by atoms with van der Waals surface area (Å²) in [6.45, 7) is 14.6. The van der Waals surface area contributed by atoms with Crippen LogP contribution >= 0.6 is 0 Å². The quantitative estimate of drug-likeness (QED) is 0.527. The van der Waals surface area contributed by atoms with E-state index in [-0.39, 0.29) is 5.41 Å². The standard InChI is InChI=1S/C16H27N/c1-7-9-10-11-15(17)16(5,6)14(8-2)12-13(3)4/h7,9-13H,1,8,17H2,2-6H3/b10-9-,14-12-,15-11-. The van der Waals surface area contributed by atoms with Gasteiger partial charge in [0.2, 0.25) is 0 Å². The van der Waals surface area contributed by atoms with Crippen LogP contribution in [0.2, 0.25) is 0 Å². The van der Waals surface area contributed by atoms with Crippen molar-refractivity contribution in [1.29, 1.82) is 0 Å². The number of rotatable bonds is 6. The first-order valence-corrected chi connectivity index (χ1v) is 6.32. The van der Waals surface area contributed by atoms with E-state index >= 15 is 0 Å². The Morgan fingerprint density at radius 3 is 2.29 bits per heavy atom. The number of hydrogen-bond donors (Lipinski definition) is 1. The minimum Gasteiger partial charge on any atom is -0.401 e. The van der Waals surface area contributed by atoms with E-state index < -0.39 is 0 Å². The van der Waals surface area contributed by atoms with Crippen molar-refractivity contribution in [2.75, 3.05) is 0 Å². The van der Waals surface area contributed by atoms with Crippen molar-refractivity contribution in [3.63, 3.8) is 0 Å². The first-order valence-electron chi connectivity index (χ1n) is 6.32. The Morgan fingerprint density at radius 1 is 1.29 bits per heavy atom. The lowest BCUT2D eigenvalue weighted by Crippen LogP contribution is -2.23. The van der Waals surface area contributed by atoms with Gasteiger partial charge in [-0.2, -0.15) is 0 Å². The Kier molecular flexibility index (Phi) is 6.64. The van der Waals surface area contributed by atoms with Crippen molar-refractivity contribution in [2.24, 2.45) is 17.1 Å². The first kappa shape index (κ1) is 15.8. The summed E-state index contributed by atoms with van der Waals surface area (Å²) in [6, 6.07) is 0. The fraction of sp³-hybridized carbons (Fsp3) is 0.500. The largest absolute Gasteiger partial charge is 0.401 e. The highest BCUT2D eigenvalue weighted by Crippen LogP contribution is 2.34. The molecule has 17 heavy (non-hydrogen) atoms. The van der Waals surface area contributed by atoms with Gasteiger partial charge in [0.25, 0.3) is 0 Å². The molecule has 0 saturated heterocycles. The van der Waals surface area contributed by atoms with Crippen molar-refractivity contribution >= 4 is 0 Å². The van der Waals surface area contributed by atoms with Gasteiger partial charge in [-0.1, -0.05) is 71.1 Å². The fourth-order valence-corrected chi connectivity index (χ4v) is 1.80. The van der Waals surface area contributed by atoms with Crippen molar-refractivity contribution in [3.8, 4) is 0 Å². The lowest BCUT2D eigenvalue weighted by atomic mass is 9.78. The topological polar surface area (TPSA) is 26.0 Å². The molecule has 0 spiro atoms. The molecule has 0 rings (SSSR count). The van der Waals surface area contributed by atoms with Crippen molar-refractivity contribution in [2.45, 2.75) is 41.0 Å². The summed E-state index contributed by atoms with van der Waals surface area (Å²) in [5.41, 5.74) is 8.39. The van der Waals surface area contributed by atoms with Gasteiger partial charge in [0.05, 0.1) is 0 Å². The van der Waals surface area contributed by atoms with Crippen LogP contribution in [0.1, 0.15) is 41.0 Å². The molecule has 1 heteroatoms. The van der Waals surface area contributed by atoms with Gasteiger partial charge in [0, 0.05) is 11.1 Å². The maximum absolute atomic E-state index is 6.18. The Morgan fingerprint density at radius 2 is 1.88 bits per heavy atom. The third-order valence-corrected chi connectivity index (χ3v) is 2.96. The van der Waals surface area contributed by atoms with Gasteiger partial charge >= 0.3 is 0 Å². The van der Waals surface area contributed by atoms with Crippen LogP contribution in [0.5, 0.6) is 0 Å². The van der Waals surface area contributed by atoms with Gasteiger partial charge in [-0.3, -0.25) is 0 Å². The molecule has 96 valence electrons.